The van der Waals surface area contributed by atoms with Crippen molar-refractivity contribution in [1.82, 2.24) is 30.1 Å². The van der Waals surface area contributed by atoms with Gasteiger partial charge in [-0.05, 0) is 44.0 Å². The minimum Gasteiger partial charge on any atom is -0.496 e. The Labute approximate surface area is 268 Å². The second-order valence-electron chi connectivity index (χ2n) is 11.7. The molecule has 2 aromatic heterocycles. The van der Waals surface area contributed by atoms with Gasteiger partial charge in [-0.1, -0.05) is 41.9 Å². The Morgan fingerprint density at radius 2 is 1.93 bits per heavy atom. The predicted molar refractivity (Wildman–Crippen MR) is 175 cm³/mol. The van der Waals surface area contributed by atoms with Crippen LogP contribution in [0.15, 0.2) is 48.7 Å². The maximum atomic E-state index is 13.4. The molecule has 4 aromatic rings. The molecule has 234 valence electrons. The number of carbonyl (C=O) groups is 2. The van der Waals surface area contributed by atoms with Crippen LogP contribution in [0.1, 0.15) is 46.0 Å². The Bertz CT molecular complexity index is 1770. The zero-order valence-electron chi connectivity index (χ0n) is 26.0. The van der Waals surface area contributed by atoms with Gasteiger partial charge in [-0.3, -0.25) is 14.6 Å². The number of piperidine rings is 1. The average Bonchev–Trinajstić information content (AvgIpc) is 3.37. The SMILES string of the molecule is COc1cc(-c2cccc(-c3cccc(NC(=O)c4nc5c(n4C)CCN(C)C5)c3Cl)c2C)ncc1CNC1CCCNC1=O. The number of anilines is 1. The van der Waals surface area contributed by atoms with Crippen molar-refractivity contribution in [3.8, 4) is 28.1 Å². The Morgan fingerprint density at radius 3 is 2.73 bits per heavy atom. The minimum atomic E-state index is -0.297. The van der Waals surface area contributed by atoms with Crippen LogP contribution < -0.4 is 20.7 Å². The quantitative estimate of drug-likeness (QED) is 0.259. The van der Waals surface area contributed by atoms with Crippen LogP contribution in [-0.2, 0) is 31.4 Å². The lowest BCUT2D eigenvalue weighted by molar-refractivity contribution is -0.124. The summed E-state index contributed by atoms with van der Waals surface area (Å²) in [7, 11) is 5.58. The van der Waals surface area contributed by atoms with Gasteiger partial charge in [-0.15, -0.1) is 0 Å². The highest BCUT2D eigenvalue weighted by atomic mass is 35.5. The zero-order chi connectivity index (χ0) is 31.7. The van der Waals surface area contributed by atoms with E-state index < -0.39 is 0 Å². The van der Waals surface area contributed by atoms with E-state index in [9.17, 15) is 9.59 Å². The highest BCUT2D eigenvalue weighted by Crippen LogP contribution is 2.39. The molecule has 45 heavy (non-hydrogen) atoms. The van der Waals surface area contributed by atoms with Gasteiger partial charge in [-0.2, -0.15) is 0 Å². The molecule has 4 heterocycles. The third-order valence-corrected chi connectivity index (χ3v) is 9.19. The number of pyridine rings is 1. The number of halogens is 1. The maximum absolute atomic E-state index is 13.4. The predicted octanol–water partition coefficient (Wildman–Crippen LogP) is 4.73. The molecule has 0 aliphatic carbocycles. The molecule has 2 aliphatic rings. The number of nitrogens with one attached hydrogen (secondary N) is 3. The van der Waals surface area contributed by atoms with E-state index in [1.165, 1.54) is 0 Å². The Kier molecular flexibility index (Phi) is 8.89. The van der Waals surface area contributed by atoms with Crippen molar-refractivity contribution in [2.75, 3.05) is 32.6 Å². The smallest absolute Gasteiger partial charge is 0.291 e. The van der Waals surface area contributed by atoms with Gasteiger partial charge in [0.15, 0.2) is 5.82 Å². The number of methoxy groups -OCH3 is 1. The van der Waals surface area contributed by atoms with Crippen LogP contribution in [0.2, 0.25) is 5.02 Å². The molecular formula is C34H38ClN7O3. The van der Waals surface area contributed by atoms with Gasteiger partial charge in [0.1, 0.15) is 5.75 Å². The van der Waals surface area contributed by atoms with Crippen LogP contribution in [0.3, 0.4) is 0 Å². The van der Waals surface area contributed by atoms with Crippen LogP contribution in [0.4, 0.5) is 5.69 Å². The fraction of sp³-hybridized carbons (Fsp3) is 0.353. The number of hydrogen-bond donors (Lipinski definition) is 3. The van der Waals surface area contributed by atoms with E-state index >= 15 is 0 Å². The summed E-state index contributed by atoms with van der Waals surface area (Å²) in [5, 5.41) is 9.68. The van der Waals surface area contributed by atoms with E-state index in [2.05, 4.69) is 32.9 Å². The van der Waals surface area contributed by atoms with Crippen molar-refractivity contribution in [3.63, 3.8) is 0 Å². The van der Waals surface area contributed by atoms with Crippen molar-refractivity contribution < 1.29 is 14.3 Å². The standard InChI is InChI=1S/C34H38ClN7O3/c1-20-22(8-5-9-23(20)27-16-30(45-4)21(18-38-27)17-37-26-12-7-14-36-33(26)43)24-10-6-11-25(31(24)35)40-34(44)32-39-28-19-41(2)15-13-29(28)42(32)3/h5-6,8-11,16,18,26,37H,7,12-15,17,19H2,1-4H3,(H,36,43)(H,40,44). The summed E-state index contributed by atoms with van der Waals surface area (Å²) in [5.74, 6) is 0.798. The zero-order valence-corrected chi connectivity index (χ0v) is 26.8. The second-order valence-corrected chi connectivity index (χ2v) is 12.1. The Balaban J connectivity index is 1.24. The summed E-state index contributed by atoms with van der Waals surface area (Å²) in [5.41, 5.74) is 7.84. The number of likely N-dealkylation sites (N-methyl/N-ethyl adjacent to an activating group) is 1. The topological polar surface area (TPSA) is 113 Å². The maximum Gasteiger partial charge on any atom is 0.291 e. The summed E-state index contributed by atoms with van der Waals surface area (Å²) in [6, 6.07) is 13.3. The third-order valence-electron chi connectivity index (χ3n) is 8.78. The second kappa shape index (κ2) is 13.0. The fourth-order valence-corrected chi connectivity index (χ4v) is 6.49. The highest BCUT2D eigenvalue weighted by molar-refractivity contribution is 6.36. The summed E-state index contributed by atoms with van der Waals surface area (Å²) >= 11 is 6.96. The first-order chi connectivity index (χ1) is 21.7. The monoisotopic (exact) mass is 627 g/mol. The van der Waals surface area contributed by atoms with Crippen molar-refractivity contribution in [2.45, 2.75) is 45.3 Å². The number of carbonyl (C=O) groups excluding carboxylic acids is 2. The summed E-state index contributed by atoms with van der Waals surface area (Å²) in [4.78, 5) is 37.2. The molecule has 0 bridgehead atoms. The third kappa shape index (κ3) is 6.18. The lowest BCUT2D eigenvalue weighted by Crippen LogP contribution is -2.47. The Morgan fingerprint density at radius 1 is 1.16 bits per heavy atom. The van der Waals surface area contributed by atoms with E-state index in [-0.39, 0.29) is 17.9 Å². The highest BCUT2D eigenvalue weighted by Gasteiger charge is 2.25. The number of ether oxygens (including phenoxy) is 1. The first kappa shape index (κ1) is 30.8. The molecule has 0 radical (unpaired) electrons. The van der Waals surface area contributed by atoms with E-state index in [0.717, 1.165) is 83.8 Å². The van der Waals surface area contributed by atoms with Crippen molar-refractivity contribution in [2.24, 2.45) is 7.05 Å². The first-order valence-corrected chi connectivity index (χ1v) is 15.6. The number of fused-ring (bicyclic) bond motifs is 1. The number of hydrogen-bond acceptors (Lipinski definition) is 7. The van der Waals surface area contributed by atoms with Crippen LogP contribution in [-0.4, -0.2) is 64.5 Å². The number of aromatic nitrogens is 3. The average molecular weight is 628 g/mol. The number of rotatable bonds is 8. The lowest BCUT2D eigenvalue weighted by atomic mass is 9.94. The summed E-state index contributed by atoms with van der Waals surface area (Å²) < 4.78 is 7.61. The van der Waals surface area contributed by atoms with E-state index in [1.807, 2.05) is 54.9 Å². The molecule has 1 atom stereocenters. The molecule has 10 nitrogen and oxygen atoms in total. The van der Waals surface area contributed by atoms with Crippen LogP contribution in [0.5, 0.6) is 5.75 Å². The first-order valence-electron chi connectivity index (χ1n) is 15.2. The number of benzene rings is 2. The van der Waals surface area contributed by atoms with E-state index in [4.69, 9.17) is 21.3 Å². The Hall–Kier alpha value is -4.25. The van der Waals surface area contributed by atoms with Gasteiger partial charge in [0.05, 0.1) is 35.2 Å². The van der Waals surface area contributed by atoms with Crippen LogP contribution in [0, 0.1) is 6.92 Å². The van der Waals surface area contributed by atoms with Crippen molar-refractivity contribution in [3.05, 3.63) is 82.0 Å². The van der Waals surface area contributed by atoms with Gasteiger partial charge in [-0.25, -0.2) is 4.98 Å². The number of amides is 2. The van der Waals surface area contributed by atoms with Crippen LogP contribution in [0.25, 0.3) is 22.4 Å². The van der Waals surface area contributed by atoms with Gasteiger partial charge in [0.2, 0.25) is 5.91 Å². The molecule has 0 saturated carbocycles. The van der Waals surface area contributed by atoms with Crippen molar-refractivity contribution in [1.29, 1.82) is 0 Å². The van der Waals surface area contributed by atoms with Gasteiger partial charge in [0.25, 0.3) is 5.91 Å². The molecule has 2 aliphatic heterocycles. The molecule has 6 rings (SSSR count). The molecule has 2 amide bonds. The molecule has 11 heteroatoms. The van der Waals surface area contributed by atoms with Crippen molar-refractivity contribution >= 4 is 29.1 Å². The van der Waals surface area contributed by atoms with Gasteiger partial charge in [0, 0.05) is 74.3 Å². The van der Waals surface area contributed by atoms with Crippen LogP contribution >= 0.6 is 11.6 Å². The number of nitrogens with zero attached hydrogens (tertiary/aromatic N) is 4. The molecular weight excluding hydrogens is 590 g/mol. The molecule has 2 aromatic carbocycles. The molecule has 0 spiro atoms. The fourth-order valence-electron chi connectivity index (χ4n) is 6.22. The molecule has 1 saturated heterocycles. The van der Waals surface area contributed by atoms with Gasteiger partial charge >= 0.3 is 0 Å². The lowest BCUT2D eigenvalue weighted by Gasteiger charge is -2.23. The summed E-state index contributed by atoms with van der Waals surface area (Å²) in [6.45, 7) is 4.89. The normalized spacial score (nSPS) is 16.6. The minimum absolute atomic E-state index is 0.0305. The van der Waals surface area contributed by atoms with Gasteiger partial charge < -0.3 is 30.2 Å². The van der Waals surface area contributed by atoms with E-state index in [0.29, 0.717) is 28.8 Å². The molecule has 1 unspecified atom stereocenters. The summed E-state index contributed by atoms with van der Waals surface area (Å²) in [6.07, 6.45) is 4.41. The molecule has 3 N–H and O–H groups in total. The number of imidazole rings is 1. The van der Waals surface area contributed by atoms with E-state index in [1.54, 1.807) is 19.4 Å². The molecule has 1 fully saturated rings. The largest absolute Gasteiger partial charge is 0.496 e.